The van der Waals surface area contributed by atoms with Gasteiger partial charge in [-0.25, -0.2) is 19.6 Å². The quantitative estimate of drug-likeness (QED) is 0.484. The first kappa shape index (κ1) is 32.7. The van der Waals surface area contributed by atoms with E-state index in [-0.39, 0.29) is 6.04 Å². The molecule has 0 saturated carbocycles. The molecule has 0 spiro atoms. The molecule has 1 saturated heterocycles. The number of hydrogen-bond donors (Lipinski definition) is 2. The van der Waals surface area contributed by atoms with Crippen LogP contribution in [0.4, 0.5) is 32.3 Å². The molecule has 1 atom stereocenters. The number of carboxylic acid groups (broad SMARTS) is 2. The maximum absolute atomic E-state index is 10.6. The van der Waals surface area contributed by atoms with Crippen LogP contribution >= 0.6 is 0 Å². The van der Waals surface area contributed by atoms with E-state index < -0.39 is 24.3 Å². The van der Waals surface area contributed by atoms with Crippen molar-refractivity contribution < 1.29 is 55.6 Å². The molecule has 2 aromatic rings. The number of alkyl halides is 6. The van der Waals surface area contributed by atoms with Gasteiger partial charge in [-0.3, -0.25) is 4.68 Å². The number of fused-ring (bicyclic) bond motifs is 1. The summed E-state index contributed by atoms with van der Waals surface area (Å²) in [5.41, 5.74) is 2.59. The van der Waals surface area contributed by atoms with Crippen LogP contribution in [0.3, 0.4) is 0 Å². The van der Waals surface area contributed by atoms with Crippen LogP contribution in [-0.4, -0.2) is 87.2 Å². The van der Waals surface area contributed by atoms with Gasteiger partial charge in [0.15, 0.2) is 0 Å². The van der Waals surface area contributed by atoms with Crippen LogP contribution in [0.2, 0.25) is 0 Å². The van der Waals surface area contributed by atoms with Gasteiger partial charge in [0.1, 0.15) is 0 Å². The maximum atomic E-state index is 10.6. The van der Waals surface area contributed by atoms with Crippen LogP contribution in [0.25, 0.3) is 0 Å². The van der Waals surface area contributed by atoms with Gasteiger partial charge in [-0.2, -0.15) is 31.4 Å². The smallest absolute Gasteiger partial charge is 0.475 e. The number of aromatic nitrogens is 4. The molecule has 1 unspecified atom stereocenters. The van der Waals surface area contributed by atoms with Crippen molar-refractivity contribution in [3.05, 3.63) is 35.9 Å². The minimum atomic E-state index is -5.08. The van der Waals surface area contributed by atoms with Crippen LogP contribution in [0, 0.1) is 5.92 Å². The molecule has 1 fully saturated rings. The third-order valence-corrected chi connectivity index (χ3v) is 5.82. The van der Waals surface area contributed by atoms with Crippen molar-refractivity contribution in [1.82, 2.24) is 19.7 Å². The monoisotopic (exact) mass is 585 g/mol. The molecule has 2 N–H and O–H groups in total. The first-order valence-corrected chi connectivity index (χ1v) is 12.1. The van der Waals surface area contributed by atoms with Crippen molar-refractivity contribution in [2.45, 2.75) is 51.1 Å². The zero-order chi connectivity index (χ0) is 29.9. The van der Waals surface area contributed by atoms with Crippen LogP contribution in [0.5, 0.6) is 0 Å². The van der Waals surface area contributed by atoms with Crippen LogP contribution in [-0.2, 0) is 32.0 Å². The third-order valence-electron chi connectivity index (χ3n) is 5.82. The summed E-state index contributed by atoms with van der Waals surface area (Å²) in [6.45, 7) is 6.92. The Bertz CT molecular complexity index is 1050. The molecule has 0 aromatic carbocycles. The number of carboxylic acids is 2. The standard InChI is InChI=1S/C19H27N5O2.2C2HF3O2/c1-2-25-14-17-18-16(4-9-23(17)19-20-7-3-8-21-19)12-22-24(18)13-15-5-10-26-11-6-15;2*3-2(4,5)1(6)7/h3,7-8,12,15,17H,2,4-6,9-11,13-14H2,1H3;2*(H,6,7). The summed E-state index contributed by atoms with van der Waals surface area (Å²) in [6, 6.07) is 1.95. The van der Waals surface area contributed by atoms with Crippen molar-refractivity contribution >= 4 is 17.9 Å². The summed E-state index contributed by atoms with van der Waals surface area (Å²) in [6.07, 6.45) is -1.35. The number of halogens is 6. The van der Waals surface area contributed by atoms with Gasteiger partial charge in [-0.15, -0.1) is 0 Å². The first-order chi connectivity index (χ1) is 18.8. The number of carbonyl (C=O) groups is 2. The Balaban J connectivity index is 0.000000333. The molecular formula is C23H29F6N5O6. The molecule has 2 aromatic heterocycles. The molecule has 0 amide bonds. The molecule has 40 heavy (non-hydrogen) atoms. The summed E-state index contributed by atoms with van der Waals surface area (Å²) in [5, 5.41) is 19.0. The van der Waals surface area contributed by atoms with E-state index in [2.05, 4.69) is 19.5 Å². The number of anilines is 1. The average Bonchev–Trinajstić information content (AvgIpc) is 3.31. The normalized spacial score (nSPS) is 17.6. The van der Waals surface area contributed by atoms with E-state index in [1.807, 2.05) is 19.2 Å². The molecule has 0 radical (unpaired) electrons. The molecule has 0 bridgehead atoms. The van der Waals surface area contributed by atoms with Gasteiger partial charge in [0.2, 0.25) is 5.95 Å². The SMILES string of the molecule is CCOCC1c2c(cnn2CC2CCOCC2)CCN1c1ncccn1.O=C(O)C(F)(F)F.O=C(O)C(F)(F)F. The molecule has 4 rings (SSSR count). The Morgan fingerprint density at radius 3 is 2.10 bits per heavy atom. The fourth-order valence-electron chi connectivity index (χ4n) is 3.95. The number of rotatable bonds is 6. The van der Waals surface area contributed by atoms with Gasteiger partial charge < -0.3 is 24.6 Å². The summed E-state index contributed by atoms with van der Waals surface area (Å²) in [4.78, 5) is 29.0. The van der Waals surface area contributed by atoms with Crippen molar-refractivity contribution in [3.8, 4) is 0 Å². The zero-order valence-corrected chi connectivity index (χ0v) is 21.4. The van der Waals surface area contributed by atoms with Gasteiger partial charge in [0, 0.05) is 45.3 Å². The maximum Gasteiger partial charge on any atom is 0.490 e. The predicted molar refractivity (Wildman–Crippen MR) is 125 cm³/mol. The lowest BCUT2D eigenvalue weighted by Gasteiger charge is -2.36. The Kier molecular flexibility index (Phi) is 12.1. The highest BCUT2D eigenvalue weighted by Crippen LogP contribution is 2.33. The van der Waals surface area contributed by atoms with Crippen LogP contribution in [0.15, 0.2) is 24.7 Å². The van der Waals surface area contributed by atoms with Gasteiger partial charge >= 0.3 is 24.3 Å². The Morgan fingerprint density at radius 2 is 1.60 bits per heavy atom. The van der Waals surface area contributed by atoms with Gasteiger partial charge in [-0.1, -0.05) is 0 Å². The summed E-state index contributed by atoms with van der Waals surface area (Å²) in [5.74, 6) is -4.12. The van der Waals surface area contributed by atoms with Crippen molar-refractivity contribution in [2.75, 3.05) is 37.9 Å². The Labute approximate surface area is 224 Å². The number of nitrogens with zero attached hydrogens (tertiary/aromatic N) is 5. The molecule has 17 heteroatoms. The van der Waals surface area contributed by atoms with Crippen LogP contribution in [0.1, 0.15) is 37.1 Å². The first-order valence-electron chi connectivity index (χ1n) is 12.1. The Morgan fingerprint density at radius 1 is 1.05 bits per heavy atom. The summed E-state index contributed by atoms with van der Waals surface area (Å²) in [7, 11) is 0. The lowest BCUT2D eigenvalue weighted by Crippen LogP contribution is -2.40. The van der Waals surface area contributed by atoms with E-state index in [0.29, 0.717) is 19.1 Å². The second-order valence-corrected chi connectivity index (χ2v) is 8.57. The fourth-order valence-corrected chi connectivity index (χ4v) is 3.95. The highest BCUT2D eigenvalue weighted by Gasteiger charge is 2.39. The van der Waals surface area contributed by atoms with Crippen LogP contribution < -0.4 is 4.90 Å². The molecule has 224 valence electrons. The predicted octanol–water partition coefficient (Wildman–Crippen LogP) is 3.51. The Hall–Kier alpha value is -3.47. The minimum Gasteiger partial charge on any atom is -0.475 e. The number of ether oxygens (including phenoxy) is 2. The second-order valence-electron chi connectivity index (χ2n) is 8.57. The number of hydrogen-bond acceptors (Lipinski definition) is 8. The summed E-state index contributed by atoms with van der Waals surface area (Å²) < 4.78 is 77.0. The van der Waals surface area contributed by atoms with E-state index in [4.69, 9.17) is 34.4 Å². The van der Waals surface area contributed by atoms with Crippen molar-refractivity contribution in [1.29, 1.82) is 0 Å². The lowest BCUT2D eigenvalue weighted by atomic mass is 9.98. The molecule has 2 aliphatic heterocycles. The van der Waals surface area contributed by atoms with E-state index >= 15 is 0 Å². The second kappa shape index (κ2) is 14.8. The average molecular weight is 586 g/mol. The van der Waals surface area contributed by atoms with E-state index in [9.17, 15) is 26.3 Å². The summed E-state index contributed by atoms with van der Waals surface area (Å²) >= 11 is 0. The minimum absolute atomic E-state index is 0.100. The van der Waals surface area contributed by atoms with Gasteiger partial charge in [0.05, 0.1) is 24.5 Å². The molecule has 11 nitrogen and oxygen atoms in total. The highest BCUT2D eigenvalue weighted by atomic mass is 19.4. The molecular weight excluding hydrogens is 556 g/mol. The molecule has 4 heterocycles. The fraction of sp³-hybridized carbons (Fsp3) is 0.609. The topological polar surface area (TPSA) is 140 Å². The van der Waals surface area contributed by atoms with E-state index in [0.717, 1.165) is 51.5 Å². The highest BCUT2D eigenvalue weighted by molar-refractivity contribution is 5.73. The third kappa shape index (κ3) is 9.93. The van der Waals surface area contributed by atoms with Crippen molar-refractivity contribution in [2.24, 2.45) is 5.92 Å². The lowest BCUT2D eigenvalue weighted by molar-refractivity contribution is -0.193. The van der Waals surface area contributed by atoms with Crippen molar-refractivity contribution in [3.63, 3.8) is 0 Å². The number of aliphatic carboxylic acids is 2. The zero-order valence-electron chi connectivity index (χ0n) is 21.4. The van der Waals surface area contributed by atoms with E-state index in [1.165, 1.54) is 11.3 Å². The van der Waals surface area contributed by atoms with E-state index in [1.54, 1.807) is 12.4 Å². The molecule has 0 aliphatic carbocycles. The van der Waals surface area contributed by atoms with Gasteiger partial charge in [0.25, 0.3) is 0 Å². The largest absolute Gasteiger partial charge is 0.490 e. The van der Waals surface area contributed by atoms with Gasteiger partial charge in [-0.05, 0) is 43.7 Å². The molecule has 2 aliphatic rings.